The molecule has 0 amide bonds. The minimum atomic E-state index is 0.585. The molecule has 0 heterocycles. The Morgan fingerprint density at radius 1 is 1.04 bits per heavy atom. The maximum atomic E-state index is 4.76. The van der Waals surface area contributed by atoms with E-state index in [4.69, 9.17) is 4.99 Å². The molecular weight excluding hydrogens is 334 g/mol. The predicted molar refractivity (Wildman–Crippen MR) is 118 cm³/mol. The molecule has 0 aliphatic rings. The number of guanidine groups is 1. The van der Waals surface area contributed by atoms with Gasteiger partial charge in [0, 0.05) is 38.3 Å². The lowest BCUT2D eigenvalue weighted by Gasteiger charge is -2.30. The topological polar surface area (TPSA) is 42.9 Å². The van der Waals surface area contributed by atoms with Gasteiger partial charge in [0.25, 0.3) is 0 Å². The van der Waals surface area contributed by atoms with Crippen LogP contribution in [0.25, 0.3) is 0 Å². The predicted octanol–water partition coefficient (Wildman–Crippen LogP) is 3.31. The number of hydrogen-bond donors (Lipinski definition) is 2. The fraction of sp³-hybridized carbons (Fsp3) is 0.682. The van der Waals surface area contributed by atoms with Crippen LogP contribution >= 0.6 is 0 Å². The Bertz CT molecular complexity index is 543. The molecule has 0 radical (unpaired) electrons. The van der Waals surface area contributed by atoms with E-state index in [0.717, 1.165) is 38.6 Å². The zero-order chi connectivity index (χ0) is 20.2. The van der Waals surface area contributed by atoms with Crippen molar-refractivity contribution in [2.24, 2.45) is 4.99 Å². The molecule has 0 aromatic heterocycles. The third kappa shape index (κ3) is 9.78. The highest BCUT2D eigenvalue weighted by Gasteiger charge is 2.12. The van der Waals surface area contributed by atoms with Crippen molar-refractivity contribution in [2.75, 3.05) is 33.7 Å². The molecule has 27 heavy (non-hydrogen) atoms. The highest BCUT2D eigenvalue weighted by Crippen LogP contribution is 2.08. The van der Waals surface area contributed by atoms with E-state index < -0.39 is 0 Å². The van der Waals surface area contributed by atoms with E-state index in [9.17, 15) is 0 Å². The van der Waals surface area contributed by atoms with E-state index >= 15 is 0 Å². The highest BCUT2D eigenvalue weighted by molar-refractivity contribution is 5.79. The van der Waals surface area contributed by atoms with Gasteiger partial charge in [0.1, 0.15) is 0 Å². The van der Waals surface area contributed by atoms with Crippen LogP contribution in [0.3, 0.4) is 0 Å². The van der Waals surface area contributed by atoms with Crippen LogP contribution in [0.2, 0.25) is 0 Å². The van der Waals surface area contributed by atoms with Crippen molar-refractivity contribution in [2.45, 2.75) is 66.2 Å². The Balaban J connectivity index is 2.55. The van der Waals surface area contributed by atoms with Crippen molar-refractivity contribution in [3.05, 3.63) is 35.4 Å². The summed E-state index contributed by atoms with van der Waals surface area (Å²) in [5.41, 5.74) is 2.57. The Morgan fingerprint density at radius 3 is 2.30 bits per heavy atom. The van der Waals surface area contributed by atoms with Crippen LogP contribution in [0, 0.1) is 0 Å². The number of aliphatic imine (C=N–C) groups is 1. The Morgan fingerprint density at radius 2 is 1.70 bits per heavy atom. The number of benzene rings is 1. The molecule has 0 aliphatic carbocycles. The smallest absolute Gasteiger partial charge is 0.191 e. The molecule has 0 spiro atoms. The largest absolute Gasteiger partial charge is 0.357 e. The van der Waals surface area contributed by atoms with Crippen molar-refractivity contribution in [3.63, 3.8) is 0 Å². The molecule has 0 bridgehead atoms. The average Bonchev–Trinajstić information content (AvgIpc) is 2.58. The number of rotatable bonds is 11. The second-order valence-corrected chi connectivity index (χ2v) is 7.96. The van der Waals surface area contributed by atoms with Crippen LogP contribution in [0.15, 0.2) is 29.3 Å². The summed E-state index contributed by atoms with van der Waals surface area (Å²) < 4.78 is 0. The van der Waals surface area contributed by atoms with E-state index in [-0.39, 0.29) is 0 Å². The molecule has 1 aromatic carbocycles. The number of nitrogens with zero attached hydrogens (tertiary/aromatic N) is 3. The normalized spacial score (nSPS) is 12.5. The fourth-order valence-corrected chi connectivity index (χ4v) is 3.28. The molecule has 154 valence electrons. The second kappa shape index (κ2) is 12.7. The lowest BCUT2D eigenvalue weighted by molar-refractivity contribution is 0.173. The molecule has 1 aromatic rings. The number of nitrogens with one attached hydrogen (secondary N) is 2. The van der Waals surface area contributed by atoms with Gasteiger partial charge in [0.15, 0.2) is 5.96 Å². The molecule has 1 rings (SSSR count). The number of hydrogen-bond acceptors (Lipinski definition) is 3. The van der Waals surface area contributed by atoms with Gasteiger partial charge in [-0.3, -0.25) is 4.90 Å². The van der Waals surface area contributed by atoms with Gasteiger partial charge in [-0.25, -0.2) is 4.99 Å². The van der Waals surface area contributed by atoms with E-state index in [2.05, 4.69) is 93.4 Å². The summed E-state index contributed by atoms with van der Waals surface area (Å²) in [6.45, 7) is 15.7. The first kappa shape index (κ1) is 23.4. The minimum Gasteiger partial charge on any atom is -0.357 e. The molecule has 2 N–H and O–H groups in total. The van der Waals surface area contributed by atoms with Gasteiger partial charge < -0.3 is 15.5 Å². The van der Waals surface area contributed by atoms with Crippen LogP contribution in [0.1, 0.15) is 52.2 Å². The molecule has 0 atom stereocenters. The maximum Gasteiger partial charge on any atom is 0.191 e. The summed E-state index contributed by atoms with van der Waals surface area (Å²) in [6, 6.07) is 9.86. The van der Waals surface area contributed by atoms with Gasteiger partial charge in [0.05, 0.1) is 6.54 Å². The van der Waals surface area contributed by atoms with Gasteiger partial charge in [-0.2, -0.15) is 0 Å². The van der Waals surface area contributed by atoms with E-state index in [1.54, 1.807) is 0 Å². The van der Waals surface area contributed by atoms with Crippen LogP contribution < -0.4 is 10.6 Å². The zero-order valence-corrected chi connectivity index (χ0v) is 18.5. The summed E-state index contributed by atoms with van der Waals surface area (Å²) in [6.07, 6.45) is 1.11. The van der Waals surface area contributed by atoms with Gasteiger partial charge in [0.2, 0.25) is 0 Å². The standard InChI is InChI=1S/C22H41N5/c1-8-23-22(24-13-10-14-27(18(2)3)19(4)5)25-16-20-11-9-12-21(15-20)17-26(6)7/h9,11-12,15,18-19H,8,10,13-14,16-17H2,1-7H3,(H2,23,24,25). The Kier molecular flexibility index (Phi) is 11.1. The highest BCUT2D eigenvalue weighted by atomic mass is 15.2. The van der Waals surface area contributed by atoms with Crippen LogP contribution in [0.4, 0.5) is 0 Å². The summed E-state index contributed by atoms with van der Waals surface area (Å²) in [5.74, 6) is 0.899. The first-order chi connectivity index (χ1) is 12.8. The first-order valence-electron chi connectivity index (χ1n) is 10.3. The maximum absolute atomic E-state index is 4.76. The van der Waals surface area contributed by atoms with Gasteiger partial charge in [-0.05, 0) is 66.3 Å². The van der Waals surface area contributed by atoms with E-state index in [0.29, 0.717) is 18.6 Å². The Labute approximate surface area is 167 Å². The van der Waals surface area contributed by atoms with E-state index in [1.165, 1.54) is 11.1 Å². The van der Waals surface area contributed by atoms with Crippen LogP contribution in [0.5, 0.6) is 0 Å². The van der Waals surface area contributed by atoms with Crippen molar-refractivity contribution < 1.29 is 0 Å². The van der Waals surface area contributed by atoms with Gasteiger partial charge in [-0.15, -0.1) is 0 Å². The fourth-order valence-electron chi connectivity index (χ4n) is 3.28. The lowest BCUT2D eigenvalue weighted by Crippen LogP contribution is -2.41. The molecule has 5 heteroatoms. The quantitative estimate of drug-likeness (QED) is 0.354. The molecular formula is C22H41N5. The summed E-state index contributed by atoms with van der Waals surface area (Å²) in [7, 11) is 4.19. The van der Waals surface area contributed by atoms with Gasteiger partial charge >= 0.3 is 0 Å². The molecule has 0 saturated heterocycles. The van der Waals surface area contributed by atoms with Crippen molar-refractivity contribution in [3.8, 4) is 0 Å². The molecule has 0 fully saturated rings. The summed E-state index contributed by atoms with van der Waals surface area (Å²) in [5, 5.41) is 6.83. The molecule has 0 aliphatic heterocycles. The van der Waals surface area contributed by atoms with Crippen molar-refractivity contribution in [1.29, 1.82) is 0 Å². The summed E-state index contributed by atoms with van der Waals surface area (Å²) in [4.78, 5) is 9.47. The monoisotopic (exact) mass is 375 g/mol. The Hall–Kier alpha value is -1.59. The third-order valence-electron chi connectivity index (χ3n) is 4.47. The van der Waals surface area contributed by atoms with Gasteiger partial charge in [-0.1, -0.05) is 24.3 Å². The molecule has 5 nitrogen and oxygen atoms in total. The third-order valence-corrected chi connectivity index (χ3v) is 4.47. The molecule has 0 saturated carbocycles. The van der Waals surface area contributed by atoms with Crippen molar-refractivity contribution in [1.82, 2.24) is 20.4 Å². The van der Waals surface area contributed by atoms with Crippen LogP contribution in [-0.4, -0.2) is 61.6 Å². The zero-order valence-electron chi connectivity index (χ0n) is 18.5. The summed E-state index contributed by atoms with van der Waals surface area (Å²) >= 11 is 0. The SMILES string of the molecule is CCNC(=NCc1cccc(CN(C)C)c1)NCCCN(C(C)C)C(C)C. The minimum absolute atomic E-state index is 0.585. The lowest BCUT2D eigenvalue weighted by atomic mass is 10.1. The first-order valence-corrected chi connectivity index (χ1v) is 10.3. The molecule has 0 unspecified atom stereocenters. The second-order valence-electron chi connectivity index (χ2n) is 7.96. The van der Waals surface area contributed by atoms with Crippen molar-refractivity contribution >= 4 is 5.96 Å². The average molecular weight is 376 g/mol. The van der Waals surface area contributed by atoms with Crippen LogP contribution in [-0.2, 0) is 13.1 Å². The van der Waals surface area contributed by atoms with E-state index in [1.807, 2.05) is 0 Å².